The molecule has 0 saturated heterocycles. The largest absolute Gasteiger partial charge is 0.497 e. The van der Waals surface area contributed by atoms with Gasteiger partial charge in [-0.1, -0.05) is 25.5 Å². The van der Waals surface area contributed by atoms with Crippen LogP contribution in [-0.2, 0) is 4.79 Å². The molecule has 0 unspecified atom stereocenters. The van der Waals surface area contributed by atoms with Gasteiger partial charge in [-0.15, -0.1) is 11.3 Å². The Morgan fingerprint density at radius 1 is 1.35 bits per heavy atom. The predicted molar refractivity (Wildman–Crippen MR) is 104 cm³/mol. The summed E-state index contributed by atoms with van der Waals surface area (Å²) in [6.45, 7) is 3.96. The standard InChI is InChI=1S/C19H22N4O2S/c1-4-5-9-18(24)21-17-10-13(2)22-23(17)19-20-16(12-26-19)14-7-6-8-15(11-14)25-3/h6-8,10-12H,4-5,9H2,1-3H3,(H,21,24). The number of methoxy groups -OCH3 is 1. The van der Waals surface area contributed by atoms with Crippen LogP contribution in [0.15, 0.2) is 35.7 Å². The number of hydrogen-bond acceptors (Lipinski definition) is 5. The van der Waals surface area contributed by atoms with Gasteiger partial charge in [0.2, 0.25) is 11.0 Å². The van der Waals surface area contributed by atoms with Crippen LogP contribution in [0.5, 0.6) is 5.75 Å². The Labute approximate surface area is 156 Å². The molecule has 0 aliphatic carbocycles. The van der Waals surface area contributed by atoms with Gasteiger partial charge in [0.25, 0.3) is 0 Å². The molecule has 1 aromatic carbocycles. The second kappa shape index (κ2) is 8.14. The first-order chi connectivity index (χ1) is 12.6. The lowest BCUT2D eigenvalue weighted by atomic mass is 10.2. The van der Waals surface area contributed by atoms with Crippen LogP contribution in [0.4, 0.5) is 5.82 Å². The highest BCUT2D eigenvalue weighted by molar-refractivity contribution is 7.12. The van der Waals surface area contributed by atoms with Crippen molar-refractivity contribution in [3.05, 3.63) is 41.4 Å². The average Bonchev–Trinajstić information content (AvgIpc) is 3.26. The van der Waals surface area contributed by atoms with Gasteiger partial charge in [-0.25, -0.2) is 4.98 Å². The third-order valence-electron chi connectivity index (χ3n) is 3.90. The van der Waals surface area contributed by atoms with E-state index in [1.165, 1.54) is 11.3 Å². The van der Waals surface area contributed by atoms with Crippen molar-refractivity contribution in [1.29, 1.82) is 0 Å². The molecule has 0 saturated carbocycles. The number of aryl methyl sites for hydroxylation is 1. The van der Waals surface area contributed by atoms with Crippen molar-refractivity contribution in [2.24, 2.45) is 0 Å². The van der Waals surface area contributed by atoms with E-state index in [4.69, 9.17) is 4.74 Å². The van der Waals surface area contributed by atoms with E-state index in [-0.39, 0.29) is 5.91 Å². The number of hydrogen-bond donors (Lipinski definition) is 1. The molecule has 0 spiro atoms. The van der Waals surface area contributed by atoms with E-state index in [1.54, 1.807) is 11.8 Å². The average molecular weight is 370 g/mol. The van der Waals surface area contributed by atoms with E-state index in [2.05, 4.69) is 22.3 Å². The molecule has 3 rings (SSSR count). The molecular formula is C19H22N4O2S. The molecule has 2 heterocycles. The molecule has 3 aromatic rings. The minimum atomic E-state index is -0.00225. The van der Waals surface area contributed by atoms with E-state index in [0.717, 1.165) is 35.5 Å². The Morgan fingerprint density at radius 2 is 2.19 bits per heavy atom. The number of unbranched alkanes of at least 4 members (excludes halogenated alkanes) is 1. The molecule has 7 heteroatoms. The highest BCUT2D eigenvalue weighted by Gasteiger charge is 2.14. The quantitative estimate of drug-likeness (QED) is 0.667. The van der Waals surface area contributed by atoms with Crippen molar-refractivity contribution in [2.45, 2.75) is 33.1 Å². The number of nitrogens with zero attached hydrogens (tertiary/aromatic N) is 3. The summed E-state index contributed by atoms with van der Waals surface area (Å²) in [7, 11) is 1.64. The normalized spacial score (nSPS) is 10.7. The number of aromatic nitrogens is 3. The SMILES string of the molecule is CCCCC(=O)Nc1cc(C)nn1-c1nc(-c2cccc(OC)c2)cs1. The van der Waals surface area contributed by atoms with Crippen molar-refractivity contribution in [3.63, 3.8) is 0 Å². The summed E-state index contributed by atoms with van der Waals surface area (Å²) in [5, 5.41) is 10.1. The molecule has 1 N–H and O–H groups in total. The Morgan fingerprint density at radius 3 is 2.96 bits per heavy atom. The summed E-state index contributed by atoms with van der Waals surface area (Å²) in [6, 6.07) is 9.63. The summed E-state index contributed by atoms with van der Waals surface area (Å²) in [5.74, 6) is 1.43. The zero-order valence-electron chi connectivity index (χ0n) is 15.2. The molecule has 1 amide bonds. The molecule has 136 valence electrons. The van der Waals surface area contributed by atoms with E-state index in [0.29, 0.717) is 17.4 Å². The van der Waals surface area contributed by atoms with Gasteiger partial charge >= 0.3 is 0 Å². The van der Waals surface area contributed by atoms with Gasteiger partial charge in [0.15, 0.2) is 0 Å². The number of ether oxygens (including phenoxy) is 1. The van der Waals surface area contributed by atoms with Crippen LogP contribution >= 0.6 is 11.3 Å². The summed E-state index contributed by atoms with van der Waals surface area (Å²) in [4.78, 5) is 16.8. The van der Waals surface area contributed by atoms with Crippen LogP contribution in [0.3, 0.4) is 0 Å². The van der Waals surface area contributed by atoms with Crippen molar-refractivity contribution in [1.82, 2.24) is 14.8 Å². The first-order valence-corrected chi connectivity index (χ1v) is 9.45. The van der Waals surface area contributed by atoms with Gasteiger partial charge in [0, 0.05) is 23.4 Å². The minimum Gasteiger partial charge on any atom is -0.497 e. The molecule has 0 fully saturated rings. The maximum atomic E-state index is 12.1. The number of carbonyl (C=O) groups is 1. The molecule has 0 atom stereocenters. The highest BCUT2D eigenvalue weighted by atomic mass is 32.1. The lowest BCUT2D eigenvalue weighted by Gasteiger charge is -2.06. The van der Waals surface area contributed by atoms with Gasteiger partial charge in [-0.2, -0.15) is 9.78 Å². The molecule has 0 aliphatic rings. The van der Waals surface area contributed by atoms with Crippen LogP contribution in [-0.4, -0.2) is 27.8 Å². The zero-order valence-corrected chi connectivity index (χ0v) is 16.0. The Bertz CT molecular complexity index is 901. The summed E-state index contributed by atoms with van der Waals surface area (Å²) < 4.78 is 6.96. The second-order valence-electron chi connectivity index (χ2n) is 5.98. The van der Waals surface area contributed by atoms with E-state index >= 15 is 0 Å². The topological polar surface area (TPSA) is 69.0 Å². The van der Waals surface area contributed by atoms with Crippen molar-refractivity contribution in [2.75, 3.05) is 12.4 Å². The Balaban J connectivity index is 1.86. The van der Waals surface area contributed by atoms with Crippen LogP contribution in [0.25, 0.3) is 16.4 Å². The number of amides is 1. The lowest BCUT2D eigenvalue weighted by molar-refractivity contribution is -0.116. The minimum absolute atomic E-state index is 0.00225. The van der Waals surface area contributed by atoms with E-state index in [9.17, 15) is 4.79 Å². The number of thiazole rings is 1. The smallest absolute Gasteiger partial charge is 0.225 e. The highest BCUT2D eigenvalue weighted by Crippen LogP contribution is 2.28. The monoisotopic (exact) mass is 370 g/mol. The Hall–Kier alpha value is -2.67. The number of nitrogens with one attached hydrogen (secondary N) is 1. The fourth-order valence-electron chi connectivity index (χ4n) is 2.55. The summed E-state index contributed by atoms with van der Waals surface area (Å²) >= 11 is 1.48. The molecule has 6 nitrogen and oxygen atoms in total. The third kappa shape index (κ3) is 4.11. The fraction of sp³-hybridized carbons (Fsp3) is 0.316. The maximum Gasteiger partial charge on any atom is 0.225 e. The van der Waals surface area contributed by atoms with E-state index < -0.39 is 0 Å². The van der Waals surface area contributed by atoms with Crippen LogP contribution < -0.4 is 10.1 Å². The number of rotatable bonds is 7. The van der Waals surface area contributed by atoms with Gasteiger partial charge in [0.1, 0.15) is 11.6 Å². The third-order valence-corrected chi connectivity index (χ3v) is 4.71. The van der Waals surface area contributed by atoms with Crippen molar-refractivity contribution < 1.29 is 9.53 Å². The van der Waals surface area contributed by atoms with Gasteiger partial charge < -0.3 is 10.1 Å². The van der Waals surface area contributed by atoms with Crippen molar-refractivity contribution in [3.8, 4) is 22.1 Å². The maximum absolute atomic E-state index is 12.1. The molecule has 0 radical (unpaired) electrons. The van der Waals surface area contributed by atoms with Crippen LogP contribution in [0, 0.1) is 6.92 Å². The van der Waals surface area contributed by atoms with Gasteiger partial charge in [-0.3, -0.25) is 4.79 Å². The van der Waals surface area contributed by atoms with E-state index in [1.807, 2.05) is 42.6 Å². The zero-order chi connectivity index (χ0) is 18.5. The molecule has 26 heavy (non-hydrogen) atoms. The summed E-state index contributed by atoms with van der Waals surface area (Å²) in [5.41, 5.74) is 2.65. The molecular weight excluding hydrogens is 348 g/mol. The Kier molecular flexibility index (Phi) is 5.68. The molecule has 0 bridgehead atoms. The van der Waals surface area contributed by atoms with Crippen LogP contribution in [0.2, 0.25) is 0 Å². The fourth-order valence-corrected chi connectivity index (χ4v) is 3.35. The van der Waals surface area contributed by atoms with Crippen LogP contribution in [0.1, 0.15) is 31.9 Å². The predicted octanol–water partition coefficient (Wildman–Crippen LogP) is 4.44. The lowest BCUT2D eigenvalue weighted by Crippen LogP contribution is -2.14. The molecule has 0 aliphatic heterocycles. The number of benzene rings is 1. The van der Waals surface area contributed by atoms with Crippen molar-refractivity contribution >= 4 is 23.1 Å². The first kappa shape index (κ1) is 18.1. The second-order valence-corrected chi connectivity index (χ2v) is 6.82. The van der Waals surface area contributed by atoms with Gasteiger partial charge in [-0.05, 0) is 25.5 Å². The summed E-state index contributed by atoms with van der Waals surface area (Å²) in [6.07, 6.45) is 2.37. The number of anilines is 1. The first-order valence-electron chi connectivity index (χ1n) is 8.57. The number of carbonyl (C=O) groups excluding carboxylic acids is 1. The molecule has 2 aromatic heterocycles. The van der Waals surface area contributed by atoms with Gasteiger partial charge in [0.05, 0.1) is 18.5 Å².